The van der Waals surface area contributed by atoms with Crippen LogP contribution in [0.4, 0.5) is 0 Å². The van der Waals surface area contributed by atoms with Gasteiger partial charge in [-0.3, -0.25) is 4.79 Å². The van der Waals surface area contributed by atoms with Gasteiger partial charge in [0.15, 0.2) is 0 Å². The molecule has 0 unspecified atom stereocenters. The van der Waals surface area contributed by atoms with E-state index < -0.39 is 5.54 Å². The fourth-order valence-corrected chi connectivity index (χ4v) is 3.39. The van der Waals surface area contributed by atoms with Crippen LogP contribution >= 0.6 is 0 Å². The van der Waals surface area contributed by atoms with Gasteiger partial charge in [-0.1, -0.05) is 12.8 Å². The normalized spacial score (nSPS) is 22.4. The van der Waals surface area contributed by atoms with Crippen LogP contribution in [0.1, 0.15) is 51.4 Å². The number of esters is 1. The molecule has 2 aliphatic rings. The molecule has 0 aromatic rings. The molecule has 1 aliphatic heterocycles. The molecule has 1 heterocycles. The summed E-state index contributed by atoms with van der Waals surface area (Å²) in [5.41, 5.74) is -0.750. The van der Waals surface area contributed by atoms with Gasteiger partial charge in [0, 0.05) is 6.42 Å². The van der Waals surface area contributed by atoms with Crippen LogP contribution in [-0.4, -0.2) is 37.6 Å². The lowest BCUT2D eigenvalue weighted by Gasteiger charge is -2.28. The zero-order chi connectivity index (χ0) is 14.4. The van der Waals surface area contributed by atoms with Gasteiger partial charge in [0.05, 0.1) is 7.11 Å². The van der Waals surface area contributed by atoms with E-state index in [0.29, 0.717) is 25.2 Å². The summed E-state index contributed by atoms with van der Waals surface area (Å²) in [4.78, 5) is 24.1. The predicted octanol–water partition coefficient (Wildman–Crippen LogP) is 1.37. The molecule has 1 saturated carbocycles. The zero-order valence-electron chi connectivity index (χ0n) is 12.4. The van der Waals surface area contributed by atoms with Crippen molar-refractivity contribution in [3.05, 3.63) is 0 Å². The number of piperidine rings is 1. The van der Waals surface area contributed by atoms with E-state index in [9.17, 15) is 9.59 Å². The summed E-state index contributed by atoms with van der Waals surface area (Å²) in [5, 5.41) is 6.28. The summed E-state index contributed by atoms with van der Waals surface area (Å²) in [7, 11) is 1.39. The standard InChI is InChI=1S/C15H26N2O3/c1-20-14(19)15(8-2-3-9-15)17-13(18)5-4-12-6-10-16-11-7-12/h12,16H,2-11H2,1H3,(H,17,18). The third kappa shape index (κ3) is 3.72. The number of methoxy groups -OCH3 is 1. The Morgan fingerprint density at radius 2 is 1.90 bits per heavy atom. The maximum absolute atomic E-state index is 12.1. The molecule has 114 valence electrons. The van der Waals surface area contributed by atoms with Crippen molar-refractivity contribution in [2.75, 3.05) is 20.2 Å². The second-order valence-electron chi connectivity index (χ2n) is 6.06. The zero-order valence-corrected chi connectivity index (χ0v) is 12.4. The first kappa shape index (κ1) is 15.3. The number of hydrogen-bond donors (Lipinski definition) is 2. The van der Waals surface area contributed by atoms with Crippen LogP contribution in [0.5, 0.6) is 0 Å². The van der Waals surface area contributed by atoms with E-state index in [1.54, 1.807) is 0 Å². The lowest BCUT2D eigenvalue weighted by molar-refractivity contribution is -0.150. The van der Waals surface area contributed by atoms with E-state index >= 15 is 0 Å². The molecule has 0 aromatic carbocycles. The number of amides is 1. The molecule has 0 aromatic heterocycles. The molecule has 1 saturated heterocycles. The van der Waals surface area contributed by atoms with Gasteiger partial charge in [-0.05, 0) is 51.1 Å². The Hall–Kier alpha value is -1.10. The van der Waals surface area contributed by atoms with Crippen molar-refractivity contribution < 1.29 is 14.3 Å². The Balaban J connectivity index is 1.81. The average molecular weight is 282 g/mol. The number of carbonyl (C=O) groups is 2. The third-order valence-electron chi connectivity index (χ3n) is 4.65. The monoisotopic (exact) mass is 282 g/mol. The van der Waals surface area contributed by atoms with Crippen LogP contribution < -0.4 is 10.6 Å². The second-order valence-corrected chi connectivity index (χ2v) is 6.06. The molecule has 1 aliphatic carbocycles. The van der Waals surface area contributed by atoms with E-state index in [4.69, 9.17) is 4.74 Å². The van der Waals surface area contributed by atoms with E-state index in [1.165, 1.54) is 7.11 Å². The molecular formula is C15H26N2O3. The SMILES string of the molecule is COC(=O)C1(NC(=O)CCC2CCNCC2)CCCC1. The van der Waals surface area contributed by atoms with Crippen molar-refractivity contribution >= 4 is 11.9 Å². The lowest BCUT2D eigenvalue weighted by atomic mass is 9.92. The Morgan fingerprint density at radius 3 is 2.50 bits per heavy atom. The lowest BCUT2D eigenvalue weighted by Crippen LogP contribution is -2.53. The molecule has 0 spiro atoms. The minimum Gasteiger partial charge on any atom is -0.467 e. The fourth-order valence-electron chi connectivity index (χ4n) is 3.39. The van der Waals surface area contributed by atoms with E-state index in [0.717, 1.165) is 45.2 Å². The second kappa shape index (κ2) is 7.07. The summed E-state index contributed by atoms with van der Waals surface area (Å²) in [6, 6.07) is 0. The molecule has 2 rings (SSSR count). The largest absolute Gasteiger partial charge is 0.467 e. The van der Waals surface area contributed by atoms with Gasteiger partial charge in [0.1, 0.15) is 5.54 Å². The maximum Gasteiger partial charge on any atom is 0.331 e. The summed E-state index contributed by atoms with van der Waals surface area (Å²) in [6.45, 7) is 2.11. The summed E-state index contributed by atoms with van der Waals surface area (Å²) in [6.07, 6.45) is 7.10. The van der Waals surface area contributed by atoms with Crippen LogP contribution in [0.3, 0.4) is 0 Å². The first-order valence-electron chi connectivity index (χ1n) is 7.76. The molecule has 0 radical (unpaired) electrons. The van der Waals surface area contributed by atoms with Crippen molar-refractivity contribution in [2.24, 2.45) is 5.92 Å². The third-order valence-corrected chi connectivity index (χ3v) is 4.65. The molecule has 2 fully saturated rings. The first-order chi connectivity index (χ1) is 9.66. The van der Waals surface area contributed by atoms with Gasteiger partial charge in [0.25, 0.3) is 0 Å². The Morgan fingerprint density at radius 1 is 1.25 bits per heavy atom. The highest BCUT2D eigenvalue weighted by Gasteiger charge is 2.43. The molecular weight excluding hydrogens is 256 g/mol. The fraction of sp³-hybridized carbons (Fsp3) is 0.867. The van der Waals surface area contributed by atoms with Crippen molar-refractivity contribution in [2.45, 2.75) is 56.9 Å². The molecule has 1 amide bonds. The minimum atomic E-state index is -0.750. The van der Waals surface area contributed by atoms with E-state index in [1.807, 2.05) is 0 Å². The van der Waals surface area contributed by atoms with Crippen LogP contribution in [0.15, 0.2) is 0 Å². The Labute approximate surface area is 120 Å². The van der Waals surface area contributed by atoms with Gasteiger partial charge >= 0.3 is 5.97 Å². The van der Waals surface area contributed by atoms with Crippen LogP contribution in [0.25, 0.3) is 0 Å². The van der Waals surface area contributed by atoms with Crippen LogP contribution in [0, 0.1) is 5.92 Å². The minimum absolute atomic E-state index is 0.00386. The van der Waals surface area contributed by atoms with E-state index in [2.05, 4.69) is 10.6 Å². The van der Waals surface area contributed by atoms with Crippen LogP contribution in [0.2, 0.25) is 0 Å². The highest BCUT2D eigenvalue weighted by Crippen LogP contribution is 2.31. The average Bonchev–Trinajstić information content (AvgIpc) is 2.95. The van der Waals surface area contributed by atoms with Crippen molar-refractivity contribution in [1.29, 1.82) is 0 Å². The molecule has 0 bridgehead atoms. The predicted molar refractivity (Wildman–Crippen MR) is 76.2 cm³/mol. The first-order valence-corrected chi connectivity index (χ1v) is 7.76. The number of rotatable bonds is 5. The van der Waals surface area contributed by atoms with Gasteiger partial charge in [-0.2, -0.15) is 0 Å². The number of hydrogen-bond acceptors (Lipinski definition) is 4. The Kier molecular flexibility index (Phi) is 5.40. The quantitative estimate of drug-likeness (QED) is 0.747. The number of ether oxygens (including phenoxy) is 1. The van der Waals surface area contributed by atoms with Gasteiger partial charge < -0.3 is 15.4 Å². The van der Waals surface area contributed by atoms with E-state index in [-0.39, 0.29) is 11.9 Å². The molecule has 5 heteroatoms. The van der Waals surface area contributed by atoms with Gasteiger partial charge in [0.2, 0.25) is 5.91 Å². The summed E-state index contributed by atoms with van der Waals surface area (Å²) < 4.78 is 4.87. The van der Waals surface area contributed by atoms with Crippen LogP contribution in [-0.2, 0) is 14.3 Å². The van der Waals surface area contributed by atoms with Gasteiger partial charge in [-0.25, -0.2) is 4.79 Å². The topological polar surface area (TPSA) is 67.4 Å². The molecule has 0 atom stereocenters. The molecule has 20 heavy (non-hydrogen) atoms. The van der Waals surface area contributed by atoms with Gasteiger partial charge in [-0.15, -0.1) is 0 Å². The summed E-state index contributed by atoms with van der Waals surface area (Å²) >= 11 is 0. The van der Waals surface area contributed by atoms with Crippen molar-refractivity contribution in [3.63, 3.8) is 0 Å². The Bertz CT molecular complexity index is 345. The maximum atomic E-state index is 12.1. The molecule has 2 N–H and O–H groups in total. The number of nitrogens with one attached hydrogen (secondary N) is 2. The smallest absolute Gasteiger partial charge is 0.331 e. The van der Waals surface area contributed by atoms with Crippen molar-refractivity contribution in [1.82, 2.24) is 10.6 Å². The highest BCUT2D eigenvalue weighted by molar-refractivity contribution is 5.88. The summed E-state index contributed by atoms with van der Waals surface area (Å²) in [5.74, 6) is 0.348. The number of carbonyl (C=O) groups excluding carboxylic acids is 2. The highest BCUT2D eigenvalue weighted by atomic mass is 16.5. The molecule has 5 nitrogen and oxygen atoms in total. The van der Waals surface area contributed by atoms with Crippen molar-refractivity contribution in [3.8, 4) is 0 Å².